The first-order chi connectivity index (χ1) is 12.2. The van der Waals surface area contributed by atoms with Crippen LogP contribution in [0.3, 0.4) is 0 Å². The highest BCUT2D eigenvalue weighted by Crippen LogP contribution is 2.30. The molecule has 0 unspecified atom stereocenters. The van der Waals surface area contributed by atoms with Gasteiger partial charge in [0.05, 0.1) is 30.7 Å². The number of aromatic nitrogens is 3. The lowest BCUT2D eigenvalue weighted by Gasteiger charge is -2.32. The molecule has 132 valence electrons. The molecule has 7 nitrogen and oxygen atoms in total. The Balaban J connectivity index is 1.57. The lowest BCUT2D eigenvalue weighted by atomic mass is 9.96. The summed E-state index contributed by atoms with van der Waals surface area (Å²) in [5.74, 6) is 0.544. The average molecular weight is 341 g/mol. The molecule has 1 atom stereocenters. The van der Waals surface area contributed by atoms with E-state index in [1.807, 2.05) is 23.7 Å². The fraction of sp³-hybridized carbons (Fsp3) is 0.500. The fourth-order valence-electron chi connectivity index (χ4n) is 3.50. The Morgan fingerprint density at radius 2 is 2.24 bits per heavy atom. The fourth-order valence-corrected chi connectivity index (χ4v) is 3.50. The topological polar surface area (TPSA) is 72.3 Å². The van der Waals surface area contributed by atoms with E-state index in [4.69, 9.17) is 4.74 Å². The number of hydrogen-bond donors (Lipinski definition) is 1. The number of amides is 1. The molecule has 25 heavy (non-hydrogen) atoms. The number of methoxy groups -OCH3 is 1. The molecule has 1 fully saturated rings. The molecule has 0 radical (unpaired) electrons. The van der Waals surface area contributed by atoms with Gasteiger partial charge in [-0.25, -0.2) is 9.97 Å². The number of rotatable bonds is 5. The van der Waals surface area contributed by atoms with Crippen LogP contribution in [0.2, 0.25) is 0 Å². The van der Waals surface area contributed by atoms with Crippen molar-refractivity contribution in [1.82, 2.24) is 24.8 Å². The first-order valence-electron chi connectivity index (χ1n) is 8.66. The van der Waals surface area contributed by atoms with Gasteiger partial charge in [0.15, 0.2) is 0 Å². The number of aryl methyl sites for hydroxylation is 1. The molecule has 0 spiro atoms. The number of carbonyl (C=O) groups is 1. The molecule has 1 saturated carbocycles. The third kappa shape index (κ3) is 3.24. The summed E-state index contributed by atoms with van der Waals surface area (Å²) in [5.41, 5.74) is 3.03. The second kappa shape index (κ2) is 6.48. The SMILES string of the molecule is COc1ncccc1CN1Cc2ncn(C)c2[C@@H](C(=O)NC2CC2)C1. The Labute approximate surface area is 147 Å². The number of fused-ring (bicyclic) bond motifs is 1. The molecule has 1 N–H and O–H groups in total. The maximum absolute atomic E-state index is 12.8. The predicted molar refractivity (Wildman–Crippen MR) is 92.0 cm³/mol. The number of ether oxygens (including phenoxy) is 1. The molecule has 1 aliphatic heterocycles. The Hall–Kier alpha value is -2.41. The number of hydrogen-bond acceptors (Lipinski definition) is 5. The zero-order chi connectivity index (χ0) is 17.4. The van der Waals surface area contributed by atoms with Crippen molar-refractivity contribution in [3.05, 3.63) is 41.6 Å². The summed E-state index contributed by atoms with van der Waals surface area (Å²) in [7, 11) is 3.59. The van der Waals surface area contributed by atoms with Crippen molar-refractivity contribution in [2.24, 2.45) is 7.05 Å². The number of nitrogens with zero attached hydrogens (tertiary/aromatic N) is 4. The molecule has 1 aliphatic carbocycles. The molecule has 3 heterocycles. The van der Waals surface area contributed by atoms with E-state index in [1.165, 1.54) is 0 Å². The summed E-state index contributed by atoms with van der Waals surface area (Å²) in [6.07, 6.45) is 5.71. The Morgan fingerprint density at radius 3 is 3.00 bits per heavy atom. The summed E-state index contributed by atoms with van der Waals surface area (Å²) in [4.78, 5) is 23.8. The normalized spacial score (nSPS) is 20.2. The standard InChI is InChI=1S/C18H23N5O2/c1-22-11-20-15-10-23(8-12-4-3-7-19-18(12)25-2)9-14(16(15)22)17(24)21-13-5-6-13/h3-4,7,11,13-14H,5-6,8-10H2,1-2H3,(H,21,24)/t14-/m0/s1. The van der Waals surface area contributed by atoms with Gasteiger partial charge in [0.2, 0.25) is 11.8 Å². The van der Waals surface area contributed by atoms with E-state index in [0.29, 0.717) is 25.0 Å². The highest BCUT2D eigenvalue weighted by atomic mass is 16.5. The van der Waals surface area contributed by atoms with Crippen molar-refractivity contribution in [2.75, 3.05) is 13.7 Å². The Kier molecular flexibility index (Phi) is 4.17. The maximum atomic E-state index is 12.8. The smallest absolute Gasteiger partial charge is 0.230 e. The number of nitrogens with one attached hydrogen (secondary N) is 1. The minimum Gasteiger partial charge on any atom is -0.481 e. The summed E-state index contributed by atoms with van der Waals surface area (Å²) in [6, 6.07) is 4.28. The summed E-state index contributed by atoms with van der Waals surface area (Å²) in [5, 5.41) is 3.14. The Morgan fingerprint density at radius 1 is 1.40 bits per heavy atom. The summed E-state index contributed by atoms with van der Waals surface area (Å²) < 4.78 is 7.34. The van der Waals surface area contributed by atoms with Gasteiger partial charge in [-0.2, -0.15) is 0 Å². The van der Waals surface area contributed by atoms with Crippen molar-refractivity contribution in [1.29, 1.82) is 0 Å². The monoisotopic (exact) mass is 341 g/mol. The quantitative estimate of drug-likeness (QED) is 0.885. The first-order valence-corrected chi connectivity index (χ1v) is 8.66. The van der Waals surface area contributed by atoms with Crippen LogP contribution in [0.25, 0.3) is 0 Å². The molecule has 1 amide bonds. The van der Waals surface area contributed by atoms with Crippen molar-refractivity contribution in [2.45, 2.75) is 37.9 Å². The van der Waals surface area contributed by atoms with Gasteiger partial charge >= 0.3 is 0 Å². The van der Waals surface area contributed by atoms with Crippen LogP contribution in [0.4, 0.5) is 0 Å². The van der Waals surface area contributed by atoms with Crippen molar-refractivity contribution >= 4 is 5.91 Å². The molecule has 2 aromatic heterocycles. The van der Waals surface area contributed by atoms with Gasteiger partial charge in [0.25, 0.3) is 0 Å². The molecule has 0 aromatic carbocycles. The number of pyridine rings is 1. The van der Waals surface area contributed by atoms with Crippen molar-refractivity contribution < 1.29 is 9.53 Å². The van der Waals surface area contributed by atoms with Crippen LogP contribution < -0.4 is 10.1 Å². The number of carbonyl (C=O) groups excluding carboxylic acids is 1. The zero-order valence-corrected chi connectivity index (χ0v) is 14.6. The van der Waals surface area contributed by atoms with Crippen LogP contribution in [0.1, 0.15) is 35.7 Å². The van der Waals surface area contributed by atoms with Crippen LogP contribution in [0.5, 0.6) is 5.88 Å². The molecular formula is C18H23N5O2. The van der Waals surface area contributed by atoms with Crippen LogP contribution in [0.15, 0.2) is 24.7 Å². The molecule has 7 heteroatoms. The van der Waals surface area contributed by atoms with Gasteiger partial charge in [-0.3, -0.25) is 9.69 Å². The molecule has 2 aliphatic rings. The Bertz CT molecular complexity index is 784. The summed E-state index contributed by atoms with van der Waals surface area (Å²) >= 11 is 0. The first kappa shape index (κ1) is 16.1. The largest absolute Gasteiger partial charge is 0.481 e. The van der Waals surface area contributed by atoms with E-state index in [-0.39, 0.29) is 11.8 Å². The second-order valence-corrected chi connectivity index (χ2v) is 6.86. The van der Waals surface area contributed by atoms with E-state index in [1.54, 1.807) is 19.6 Å². The van der Waals surface area contributed by atoms with Gasteiger partial charge in [-0.15, -0.1) is 0 Å². The van der Waals surface area contributed by atoms with Crippen molar-refractivity contribution in [3.8, 4) is 5.88 Å². The third-order valence-electron chi connectivity index (χ3n) is 4.88. The number of imidazole rings is 1. The van der Waals surface area contributed by atoms with Crippen LogP contribution in [-0.4, -0.2) is 45.0 Å². The van der Waals surface area contributed by atoms with E-state index >= 15 is 0 Å². The molecule has 0 saturated heterocycles. The highest BCUT2D eigenvalue weighted by molar-refractivity contribution is 5.84. The minimum absolute atomic E-state index is 0.107. The summed E-state index contributed by atoms with van der Waals surface area (Å²) in [6.45, 7) is 2.07. The third-order valence-corrected chi connectivity index (χ3v) is 4.88. The van der Waals surface area contributed by atoms with E-state index in [0.717, 1.165) is 36.3 Å². The van der Waals surface area contributed by atoms with Crippen LogP contribution >= 0.6 is 0 Å². The van der Waals surface area contributed by atoms with Gasteiger partial charge in [0.1, 0.15) is 0 Å². The molecular weight excluding hydrogens is 318 g/mol. The van der Waals surface area contributed by atoms with Gasteiger partial charge in [0, 0.05) is 44.5 Å². The van der Waals surface area contributed by atoms with Gasteiger partial charge < -0.3 is 14.6 Å². The van der Waals surface area contributed by atoms with Crippen LogP contribution in [-0.2, 0) is 24.9 Å². The van der Waals surface area contributed by atoms with Gasteiger partial charge in [-0.05, 0) is 18.9 Å². The minimum atomic E-state index is -0.195. The second-order valence-electron chi connectivity index (χ2n) is 6.86. The molecule has 2 aromatic rings. The van der Waals surface area contributed by atoms with Gasteiger partial charge in [-0.1, -0.05) is 6.07 Å². The zero-order valence-electron chi connectivity index (χ0n) is 14.6. The van der Waals surface area contributed by atoms with E-state index in [2.05, 4.69) is 20.2 Å². The maximum Gasteiger partial charge on any atom is 0.230 e. The predicted octanol–water partition coefficient (Wildman–Crippen LogP) is 1.20. The molecule has 4 rings (SSSR count). The average Bonchev–Trinajstić information content (AvgIpc) is 3.36. The molecule has 0 bridgehead atoms. The van der Waals surface area contributed by atoms with Crippen molar-refractivity contribution in [3.63, 3.8) is 0 Å². The highest BCUT2D eigenvalue weighted by Gasteiger charge is 2.36. The van der Waals surface area contributed by atoms with E-state index < -0.39 is 0 Å². The lowest BCUT2D eigenvalue weighted by molar-refractivity contribution is -0.123. The van der Waals surface area contributed by atoms with E-state index in [9.17, 15) is 4.79 Å². The lowest BCUT2D eigenvalue weighted by Crippen LogP contribution is -2.42. The van der Waals surface area contributed by atoms with Crippen LogP contribution in [0, 0.1) is 0 Å².